The molecule has 0 aliphatic rings. The van der Waals surface area contributed by atoms with Gasteiger partial charge in [0.15, 0.2) is 0 Å². The van der Waals surface area contributed by atoms with E-state index in [4.69, 9.17) is 5.73 Å². The minimum Gasteiger partial charge on any atom is -0.383 e. The fourth-order valence-electron chi connectivity index (χ4n) is 2.52. The van der Waals surface area contributed by atoms with Crippen molar-refractivity contribution in [3.05, 3.63) is 52.9 Å². The molecule has 0 aliphatic heterocycles. The maximum absolute atomic E-state index is 6.26. The quantitative estimate of drug-likeness (QED) is 0.577. The number of pyridine rings is 2. The number of hydrogen-bond donors (Lipinski definition) is 1. The van der Waals surface area contributed by atoms with Crippen LogP contribution in [0.4, 0.5) is 5.82 Å². The van der Waals surface area contributed by atoms with E-state index in [1.54, 1.807) is 0 Å². The number of nitrogen functional groups attached to an aromatic ring is 1. The lowest BCUT2D eigenvalue weighted by molar-refractivity contribution is 1.16. The Morgan fingerprint density at radius 2 is 2.05 bits per heavy atom. The molecule has 4 aromatic rings. The third-order valence-corrected chi connectivity index (χ3v) is 3.95. The maximum Gasteiger partial charge on any atom is 0.142 e. The van der Waals surface area contributed by atoms with E-state index in [0.717, 1.165) is 27.0 Å². The van der Waals surface area contributed by atoms with Crippen molar-refractivity contribution in [2.45, 2.75) is 6.92 Å². The minimum atomic E-state index is 0.595. The van der Waals surface area contributed by atoms with Gasteiger partial charge >= 0.3 is 0 Å². The van der Waals surface area contributed by atoms with Crippen LogP contribution in [0.3, 0.4) is 0 Å². The lowest BCUT2D eigenvalue weighted by atomic mass is 10.3. The number of anilines is 1. The average Bonchev–Trinajstić information content (AvgIpc) is 3.01. The minimum absolute atomic E-state index is 0.595. The van der Waals surface area contributed by atoms with Crippen molar-refractivity contribution < 1.29 is 0 Å². The summed E-state index contributed by atoms with van der Waals surface area (Å²) >= 11 is 3.49. The van der Waals surface area contributed by atoms with Crippen LogP contribution in [0.15, 0.2) is 47.3 Å². The molecule has 0 bridgehead atoms. The van der Waals surface area contributed by atoms with Crippen LogP contribution in [0.1, 0.15) is 5.56 Å². The Kier molecular flexibility index (Phi) is 2.56. The molecular weight excluding hydrogens is 330 g/mol. The molecule has 21 heavy (non-hydrogen) atoms. The first-order chi connectivity index (χ1) is 10.1. The summed E-state index contributed by atoms with van der Waals surface area (Å²) in [7, 11) is 0. The Morgan fingerprint density at radius 3 is 2.86 bits per heavy atom. The van der Waals surface area contributed by atoms with Gasteiger partial charge in [-0.3, -0.25) is 4.40 Å². The highest BCUT2D eigenvalue weighted by Crippen LogP contribution is 2.28. The summed E-state index contributed by atoms with van der Waals surface area (Å²) < 4.78 is 4.82. The summed E-state index contributed by atoms with van der Waals surface area (Å²) in [6, 6.07) is 7.90. The standard InChI is InChI=1S/C15H12BrN5/c1-9-6-10(16)7-21-14(17)13(19-15(9)21)11-8-20-5-3-2-4-12(20)18-11/h2-8H,17H2,1H3. The normalized spacial score (nSPS) is 11.5. The van der Waals surface area contributed by atoms with Gasteiger partial charge in [-0.2, -0.15) is 0 Å². The molecule has 0 fully saturated rings. The zero-order valence-electron chi connectivity index (χ0n) is 11.3. The van der Waals surface area contributed by atoms with E-state index in [2.05, 4.69) is 25.9 Å². The summed E-state index contributed by atoms with van der Waals surface area (Å²) in [6.45, 7) is 2.01. The molecule has 0 unspecified atom stereocenters. The Bertz CT molecular complexity index is 949. The monoisotopic (exact) mass is 341 g/mol. The predicted molar refractivity (Wildman–Crippen MR) is 86.2 cm³/mol. The Labute approximate surface area is 129 Å². The molecule has 0 radical (unpaired) electrons. The highest BCUT2D eigenvalue weighted by Gasteiger charge is 2.16. The summed E-state index contributed by atoms with van der Waals surface area (Å²) in [5.41, 5.74) is 10.5. The van der Waals surface area contributed by atoms with Gasteiger partial charge in [0.2, 0.25) is 0 Å². The fraction of sp³-hybridized carbons (Fsp3) is 0.0667. The van der Waals surface area contributed by atoms with Crippen molar-refractivity contribution in [3.8, 4) is 11.4 Å². The fourth-order valence-corrected chi connectivity index (χ4v) is 3.07. The number of fused-ring (bicyclic) bond motifs is 2. The molecule has 6 heteroatoms. The number of aromatic nitrogens is 4. The van der Waals surface area contributed by atoms with Crippen LogP contribution in [-0.4, -0.2) is 18.8 Å². The van der Waals surface area contributed by atoms with Crippen molar-refractivity contribution in [1.82, 2.24) is 18.8 Å². The number of nitrogens with zero attached hydrogens (tertiary/aromatic N) is 4. The lowest BCUT2D eigenvalue weighted by Gasteiger charge is -2.00. The molecule has 104 valence electrons. The second-order valence-corrected chi connectivity index (χ2v) is 5.89. The second-order valence-electron chi connectivity index (χ2n) is 4.97. The van der Waals surface area contributed by atoms with Gasteiger partial charge in [-0.15, -0.1) is 0 Å². The molecule has 4 rings (SSSR count). The number of rotatable bonds is 1. The van der Waals surface area contributed by atoms with E-state index in [1.807, 2.05) is 58.6 Å². The predicted octanol–water partition coefficient (Wildman–Crippen LogP) is 3.30. The van der Waals surface area contributed by atoms with Crippen molar-refractivity contribution in [1.29, 1.82) is 0 Å². The van der Waals surface area contributed by atoms with Crippen LogP contribution in [0.2, 0.25) is 0 Å². The maximum atomic E-state index is 6.26. The van der Waals surface area contributed by atoms with Crippen LogP contribution < -0.4 is 5.73 Å². The molecule has 2 N–H and O–H groups in total. The molecule has 0 aliphatic carbocycles. The van der Waals surface area contributed by atoms with Gasteiger partial charge < -0.3 is 10.1 Å². The van der Waals surface area contributed by atoms with Gasteiger partial charge in [-0.25, -0.2) is 9.97 Å². The van der Waals surface area contributed by atoms with Gasteiger partial charge in [0.1, 0.15) is 28.5 Å². The molecule has 0 amide bonds. The molecule has 5 nitrogen and oxygen atoms in total. The SMILES string of the molecule is Cc1cc(Br)cn2c(N)c(-c3cn4ccccc4n3)nc12. The van der Waals surface area contributed by atoms with E-state index in [1.165, 1.54) is 0 Å². The van der Waals surface area contributed by atoms with Gasteiger partial charge in [0.25, 0.3) is 0 Å². The van der Waals surface area contributed by atoms with E-state index in [0.29, 0.717) is 11.5 Å². The third kappa shape index (κ3) is 1.83. The number of nitrogens with two attached hydrogens (primary N) is 1. The van der Waals surface area contributed by atoms with Gasteiger partial charge in [0.05, 0.1) is 0 Å². The summed E-state index contributed by atoms with van der Waals surface area (Å²) in [5, 5.41) is 0. The van der Waals surface area contributed by atoms with Gasteiger partial charge in [0, 0.05) is 23.1 Å². The van der Waals surface area contributed by atoms with Crippen LogP contribution in [-0.2, 0) is 0 Å². The van der Waals surface area contributed by atoms with Gasteiger partial charge in [-0.05, 0) is 46.6 Å². The first kappa shape index (κ1) is 12.4. The number of imidazole rings is 2. The highest BCUT2D eigenvalue weighted by molar-refractivity contribution is 9.10. The van der Waals surface area contributed by atoms with Crippen LogP contribution in [0.25, 0.3) is 22.7 Å². The third-order valence-electron chi connectivity index (χ3n) is 3.51. The summed E-state index contributed by atoms with van der Waals surface area (Å²) in [6.07, 6.45) is 5.82. The first-order valence-electron chi connectivity index (χ1n) is 6.51. The Hall–Kier alpha value is -2.34. The largest absolute Gasteiger partial charge is 0.383 e. The highest BCUT2D eigenvalue weighted by atomic mass is 79.9. The van der Waals surface area contributed by atoms with E-state index in [9.17, 15) is 0 Å². The zero-order valence-corrected chi connectivity index (χ0v) is 12.9. The van der Waals surface area contributed by atoms with Crippen LogP contribution in [0.5, 0.6) is 0 Å². The molecule has 0 atom stereocenters. The second kappa shape index (κ2) is 4.33. The number of aryl methyl sites for hydroxylation is 1. The number of halogens is 1. The molecule has 0 saturated heterocycles. The number of hydrogen-bond acceptors (Lipinski definition) is 3. The van der Waals surface area contributed by atoms with Crippen LogP contribution in [0, 0.1) is 6.92 Å². The van der Waals surface area contributed by atoms with Crippen LogP contribution >= 0.6 is 15.9 Å². The zero-order chi connectivity index (χ0) is 14.6. The van der Waals surface area contributed by atoms with Crippen molar-refractivity contribution in [2.24, 2.45) is 0 Å². The van der Waals surface area contributed by atoms with Gasteiger partial charge in [-0.1, -0.05) is 6.07 Å². The van der Waals surface area contributed by atoms with Crippen molar-refractivity contribution in [3.63, 3.8) is 0 Å². The molecule has 4 heterocycles. The molecule has 0 saturated carbocycles. The summed E-state index contributed by atoms with van der Waals surface area (Å²) in [5.74, 6) is 0.595. The molecular formula is C15H12BrN5. The molecule has 0 spiro atoms. The average molecular weight is 342 g/mol. The smallest absolute Gasteiger partial charge is 0.142 e. The van der Waals surface area contributed by atoms with Crippen molar-refractivity contribution >= 4 is 33.0 Å². The van der Waals surface area contributed by atoms with E-state index in [-0.39, 0.29) is 0 Å². The molecule has 0 aromatic carbocycles. The lowest BCUT2D eigenvalue weighted by Crippen LogP contribution is -1.95. The van der Waals surface area contributed by atoms with E-state index < -0.39 is 0 Å². The topological polar surface area (TPSA) is 60.6 Å². The summed E-state index contributed by atoms with van der Waals surface area (Å²) in [4.78, 5) is 9.25. The molecule has 4 aromatic heterocycles. The Balaban J connectivity index is 2.01. The Morgan fingerprint density at radius 1 is 1.19 bits per heavy atom. The first-order valence-corrected chi connectivity index (χ1v) is 7.30. The van der Waals surface area contributed by atoms with Crippen molar-refractivity contribution in [2.75, 3.05) is 5.73 Å². The van der Waals surface area contributed by atoms with E-state index >= 15 is 0 Å².